The van der Waals surface area contributed by atoms with E-state index in [4.69, 9.17) is 4.74 Å². The Morgan fingerprint density at radius 2 is 2.09 bits per heavy atom. The molecule has 22 heavy (non-hydrogen) atoms. The van der Waals surface area contributed by atoms with Crippen LogP contribution in [0.25, 0.3) is 0 Å². The maximum atomic E-state index is 11.3. The zero-order valence-corrected chi connectivity index (χ0v) is 13.3. The molecule has 128 valence electrons. The van der Waals surface area contributed by atoms with Crippen molar-refractivity contribution in [2.75, 3.05) is 26.7 Å². The van der Waals surface area contributed by atoms with E-state index in [1.807, 2.05) is 0 Å². The van der Waals surface area contributed by atoms with Gasteiger partial charge in [-0.2, -0.15) is 0 Å². The zero-order chi connectivity index (χ0) is 16.3. The molecule has 1 heterocycles. The minimum atomic E-state index is -1.39. The Morgan fingerprint density at radius 3 is 2.73 bits per heavy atom. The average Bonchev–Trinajstić information content (AvgIpc) is 2.80. The molecular weight excluding hydrogens is 288 g/mol. The second kappa shape index (κ2) is 7.33. The number of ketones is 1. The minimum absolute atomic E-state index is 0.0882. The smallest absolute Gasteiger partial charge is 0.184 e. The van der Waals surface area contributed by atoms with E-state index in [-0.39, 0.29) is 30.9 Å². The third-order valence-corrected chi connectivity index (χ3v) is 4.98. The van der Waals surface area contributed by atoms with E-state index < -0.39 is 23.9 Å². The van der Waals surface area contributed by atoms with Crippen LogP contribution in [0.4, 0.5) is 0 Å². The lowest BCUT2D eigenvalue weighted by Crippen LogP contribution is -2.63. The monoisotopic (exact) mass is 316 g/mol. The van der Waals surface area contributed by atoms with Gasteiger partial charge in [0.15, 0.2) is 5.79 Å². The minimum Gasteiger partial charge on any atom is -0.390 e. The predicted molar refractivity (Wildman–Crippen MR) is 80.1 cm³/mol. The lowest BCUT2D eigenvalue weighted by Gasteiger charge is -2.45. The van der Waals surface area contributed by atoms with Crippen LogP contribution in [0.1, 0.15) is 26.2 Å². The topological polar surface area (TPSA) is 111 Å². The number of hydrogen-bond donors (Lipinski definition) is 5. The van der Waals surface area contributed by atoms with Crippen LogP contribution in [-0.4, -0.2) is 71.9 Å². The number of likely N-dealkylation sites (N-methyl/N-ethyl adjacent to an activating group) is 1. The molecule has 0 aromatic heterocycles. The highest BCUT2D eigenvalue weighted by molar-refractivity contribution is 5.81. The van der Waals surface area contributed by atoms with Gasteiger partial charge in [0.1, 0.15) is 5.78 Å². The van der Waals surface area contributed by atoms with Crippen molar-refractivity contribution in [3.8, 4) is 0 Å². The maximum Gasteiger partial charge on any atom is 0.184 e. The molecule has 7 nitrogen and oxygen atoms in total. The van der Waals surface area contributed by atoms with Crippen LogP contribution in [0.3, 0.4) is 0 Å². The Morgan fingerprint density at radius 1 is 1.36 bits per heavy atom. The predicted octanol–water partition coefficient (Wildman–Crippen LogP) is -1.39. The molecule has 1 saturated carbocycles. The Bertz CT molecular complexity index is 394. The van der Waals surface area contributed by atoms with E-state index >= 15 is 0 Å². The number of ether oxygens (including phenoxy) is 1. The number of carbonyl (C=O) groups is 1. The van der Waals surface area contributed by atoms with Gasteiger partial charge in [-0.3, -0.25) is 4.79 Å². The fraction of sp³-hybridized carbons (Fsp3) is 0.933. The van der Waals surface area contributed by atoms with Crippen LogP contribution in [0, 0.1) is 11.8 Å². The molecule has 2 fully saturated rings. The van der Waals surface area contributed by atoms with Crippen LogP contribution in [-0.2, 0) is 9.53 Å². The number of hydrogen-bond acceptors (Lipinski definition) is 7. The molecule has 0 aromatic carbocycles. The normalized spacial score (nSPS) is 38.4. The van der Waals surface area contributed by atoms with Crippen molar-refractivity contribution in [2.45, 2.75) is 50.2 Å². The van der Waals surface area contributed by atoms with E-state index in [1.54, 1.807) is 14.0 Å². The quantitative estimate of drug-likeness (QED) is 0.333. The molecule has 7 heteroatoms. The molecule has 0 aromatic rings. The van der Waals surface area contributed by atoms with Crippen LogP contribution >= 0.6 is 0 Å². The summed E-state index contributed by atoms with van der Waals surface area (Å²) in [5.74, 6) is -1.83. The molecule has 2 rings (SSSR count). The summed E-state index contributed by atoms with van der Waals surface area (Å²) in [6.45, 7) is 2.81. The Labute approximate surface area is 131 Å². The maximum absolute atomic E-state index is 11.3. The number of nitrogens with one attached hydrogen (secondary N) is 2. The summed E-state index contributed by atoms with van der Waals surface area (Å²) in [6, 6.07) is -0.0882. The first kappa shape index (κ1) is 17.8. The number of unbranched alkanes of at least 4 members (excludes halogenated alkanes) is 1. The van der Waals surface area contributed by atoms with E-state index in [0.717, 1.165) is 19.3 Å². The van der Waals surface area contributed by atoms with Gasteiger partial charge in [-0.05, 0) is 33.4 Å². The fourth-order valence-electron chi connectivity index (χ4n) is 3.51. The number of aliphatic hydroxyl groups is 3. The molecule has 0 radical (unpaired) electrons. The second-order valence-corrected chi connectivity index (χ2v) is 6.45. The van der Waals surface area contributed by atoms with Crippen LogP contribution < -0.4 is 10.6 Å². The molecule has 1 aliphatic heterocycles. The first-order valence-electron chi connectivity index (χ1n) is 8.01. The van der Waals surface area contributed by atoms with Gasteiger partial charge < -0.3 is 30.7 Å². The second-order valence-electron chi connectivity index (χ2n) is 6.45. The van der Waals surface area contributed by atoms with Crippen LogP contribution in [0.5, 0.6) is 0 Å². The van der Waals surface area contributed by atoms with Gasteiger partial charge in [0.2, 0.25) is 0 Å². The van der Waals surface area contributed by atoms with E-state index in [0.29, 0.717) is 6.54 Å². The van der Waals surface area contributed by atoms with Gasteiger partial charge in [-0.25, -0.2) is 0 Å². The highest BCUT2D eigenvalue weighted by Gasteiger charge is 2.63. The number of rotatable bonds is 9. The molecule has 6 atom stereocenters. The fourth-order valence-corrected chi connectivity index (χ4v) is 3.51. The molecule has 5 N–H and O–H groups in total. The molecule has 1 saturated heterocycles. The third-order valence-electron chi connectivity index (χ3n) is 4.98. The lowest BCUT2D eigenvalue weighted by atomic mass is 9.66. The summed E-state index contributed by atoms with van der Waals surface area (Å²) >= 11 is 0. The molecule has 0 bridgehead atoms. The first-order chi connectivity index (χ1) is 10.4. The average molecular weight is 316 g/mol. The molecule has 6 unspecified atom stereocenters. The summed E-state index contributed by atoms with van der Waals surface area (Å²) < 4.78 is 5.38. The third kappa shape index (κ3) is 3.50. The zero-order valence-electron chi connectivity index (χ0n) is 13.3. The van der Waals surface area contributed by atoms with Gasteiger partial charge in [0, 0.05) is 5.92 Å². The SMILES string of the molecule is CNC(CCCCNCC1(O)OCC2C(O)C(O)C21)C(C)=O. The van der Waals surface area contributed by atoms with Gasteiger partial charge in [-0.15, -0.1) is 0 Å². The van der Waals surface area contributed by atoms with E-state index in [1.165, 1.54) is 0 Å². The number of fused-ring (bicyclic) bond motifs is 1. The molecule has 2 aliphatic rings. The number of carbonyl (C=O) groups excluding carboxylic acids is 1. The van der Waals surface area contributed by atoms with Crippen molar-refractivity contribution >= 4 is 5.78 Å². The van der Waals surface area contributed by atoms with E-state index in [2.05, 4.69) is 10.6 Å². The van der Waals surface area contributed by atoms with Crippen molar-refractivity contribution in [3.05, 3.63) is 0 Å². The van der Waals surface area contributed by atoms with Crippen molar-refractivity contribution in [1.82, 2.24) is 10.6 Å². The highest BCUT2D eigenvalue weighted by Crippen LogP contribution is 2.48. The summed E-state index contributed by atoms with van der Waals surface area (Å²) in [5, 5.41) is 35.9. The van der Waals surface area contributed by atoms with Gasteiger partial charge in [-0.1, -0.05) is 6.42 Å². The van der Waals surface area contributed by atoms with E-state index in [9.17, 15) is 20.1 Å². The van der Waals surface area contributed by atoms with Crippen molar-refractivity contribution in [1.29, 1.82) is 0 Å². The number of aliphatic hydroxyl groups excluding tert-OH is 2. The Hall–Kier alpha value is -0.570. The van der Waals surface area contributed by atoms with Crippen molar-refractivity contribution in [2.24, 2.45) is 11.8 Å². The molecule has 0 spiro atoms. The Balaban J connectivity index is 1.62. The van der Waals surface area contributed by atoms with Crippen LogP contribution in [0.15, 0.2) is 0 Å². The van der Waals surface area contributed by atoms with Crippen molar-refractivity contribution < 1.29 is 24.9 Å². The standard InChI is InChI=1S/C15H28N2O5/c1-9(18)11(16-2)5-3-4-6-17-8-15(21)12-10(7-22-15)13(19)14(12)20/h10-14,16-17,19-21H,3-8H2,1-2H3. The lowest BCUT2D eigenvalue weighted by molar-refractivity contribution is -0.241. The summed E-state index contributed by atoms with van der Waals surface area (Å²) in [4.78, 5) is 11.3. The van der Waals surface area contributed by atoms with Gasteiger partial charge in [0.05, 0.1) is 37.3 Å². The molecule has 1 aliphatic carbocycles. The summed E-state index contributed by atoms with van der Waals surface area (Å²) in [6.07, 6.45) is 0.894. The van der Waals surface area contributed by atoms with Crippen LogP contribution in [0.2, 0.25) is 0 Å². The summed E-state index contributed by atoms with van der Waals surface area (Å²) in [5.41, 5.74) is 0. The number of Topliss-reactive ketones (excluding diaryl/α,β-unsaturated/α-hetero) is 1. The van der Waals surface area contributed by atoms with Gasteiger partial charge in [0.25, 0.3) is 0 Å². The van der Waals surface area contributed by atoms with Gasteiger partial charge >= 0.3 is 0 Å². The van der Waals surface area contributed by atoms with Crippen molar-refractivity contribution in [3.63, 3.8) is 0 Å². The summed E-state index contributed by atoms with van der Waals surface area (Å²) in [7, 11) is 1.78. The molecular formula is C15H28N2O5. The Kier molecular flexibility index (Phi) is 5.93. The highest BCUT2D eigenvalue weighted by atomic mass is 16.6. The largest absolute Gasteiger partial charge is 0.390 e. The first-order valence-corrected chi connectivity index (χ1v) is 8.01. The molecule has 0 amide bonds.